The highest BCUT2D eigenvalue weighted by Crippen LogP contribution is 2.30. The van der Waals surface area contributed by atoms with Crippen LogP contribution in [0.25, 0.3) is 0 Å². The molecule has 0 N–H and O–H groups in total. The predicted octanol–water partition coefficient (Wildman–Crippen LogP) is 3.38. The monoisotopic (exact) mass is 339 g/mol. The molecule has 4 rings (SSSR count). The Morgan fingerprint density at radius 3 is 2.72 bits per heavy atom. The molecule has 0 radical (unpaired) electrons. The van der Waals surface area contributed by atoms with Crippen LogP contribution in [0.3, 0.4) is 0 Å². The van der Waals surface area contributed by atoms with E-state index in [0.717, 1.165) is 32.5 Å². The molecule has 1 aromatic heterocycles. The van der Waals surface area contributed by atoms with Gasteiger partial charge in [-0.25, -0.2) is 4.98 Å². The fourth-order valence-electron chi connectivity index (χ4n) is 3.50. The van der Waals surface area contributed by atoms with Gasteiger partial charge in [-0.05, 0) is 43.7 Å². The zero-order chi connectivity index (χ0) is 17.2. The summed E-state index contributed by atoms with van der Waals surface area (Å²) in [5.74, 6) is 0.646. The van der Waals surface area contributed by atoms with Gasteiger partial charge in [0, 0.05) is 25.7 Å². The molecule has 132 valence electrons. The molecule has 1 aliphatic heterocycles. The number of carbonyl (C=O) groups excluding carboxylic acids is 1. The summed E-state index contributed by atoms with van der Waals surface area (Å²) in [6.07, 6.45) is 6.15. The van der Waals surface area contributed by atoms with E-state index in [2.05, 4.69) is 41.1 Å². The first kappa shape index (κ1) is 16.3. The van der Waals surface area contributed by atoms with Crippen molar-refractivity contribution in [2.75, 3.05) is 13.1 Å². The number of hydrogen-bond donors (Lipinski definition) is 0. The van der Waals surface area contributed by atoms with Gasteiger partial charge >= 0.3 is 0 Å². The molecule has 5 heteroatoms. The number of aromatic nitrogens is 1. The van der Waals surface area contributed by atoms with Crippen molar-refractivity contribution < 1.29 is 9.21 Å². The van der Waals surface area contributed by atoms with Gasteiger partial charge in [0.1, 0.15) is 6.26 Å². The second-order valence-electron chi connectivity index (χ2n) is 7.19. The van der Waals surface area contributed by atoms with Crippen molar-refractivity contribution in [3.63, 3.8) is 0 Å². The second-order valence-corrected chi connectivity index (χ2v) is 7.19. The maximum atomic E-state index is 12.4. The fraction of sp³-hybridized carbons (Fsp3) is 0.500. The largest absolute Gasteiger partial charge is 0.447 e. The molecule has 1 aromatic carbocycles. The number of benzene rings is 1. The summed E-state index contributed by atoms with van der Waals surface area (Å²) in [6.45, 7) is 5.38. The number of hydrogen-bond acceptors (Lipinski definition) is 4. The van der Waals surface area contributed by atoms with Crippen LogP contribution in [0, 0.1) is 6.92 Å². The molecule has 5 nitrogen and oxygen atoms in total. The minimum absolute atomic E-state index is 0.00405. The van der Waals surface area contributed by atoms with Crippen molar-refractivity contribution >= 4 is 5.91 Å². The van der Waals surface area contributed by atoms with Crippen LogP contribution in [-0.4, -0.2) is 39.8 Å². The van der Waals surface area contributed by atoms with Crippen molar-refractivity contribution in [1.82, 2.24) is 14.8 Å². The quantitative estimate of drug-likeness (QED) is 0.809. The van der Waals surface area contributed by atoms with Crippen LogP contribution in [0.1, 0.15) is 53.2 Å². The van der Waals surface area contributed by atoms with Crippen molar-refractivity contribution in [2.24, 2.45) is 0 Å². The molecule has 2 aromatic rings. The van der Waals surface area contributed by atoms with E-state index in [1.807, 2.05) is 4.90 Å². The van der Waals surface area contributed by atoms with Crippen LogP contribution in [-0.2, 0) is 13.1 Å². The molecule has 25 heavy (non-hydrogen) atoms. The minimum atomic E-state index is 0.00405. The van der Waals surface area contributed by atoms with Gasteiger partial charge in [0.15, 0.2) is 5.69 Å². The van der Waals surface area contributed by atoms with Gasteiger partial charge in [-0.15, -0.1) is 0 Å². The zero-order valence-electron chi connectivity index (χ0n) is 14.8. The van der Waals surface area contributed by atoms with Crippen LogP contribution in [0.4, 0.5) is 0 Å². The fourth-order valence-corrected chi connectivity index (χ4v) is 3.50. The van der Waals surface area contributed by atoms with Crippen LogP contribution < -0.4 is 0 Å². The van der Waals surface area contributed by atoms with E-state index < -0.39 is 0 Å². The molecule has 0 unspecified atom stereocenters. The van der Waals surface area contributed by atoms with Crippen LogP contribution >= 0.6 is 0 Å². The van der Waals surface area contributed by atoms with E-state index in [0.29, 0.717) is 24.2 Å². The molecule has 1 saturated carbocycles. The van der Waals surface area contributed by atoms with Crippen LogP contribution in [0.5, 0.6) is 0 Å². The molecule has 2 aliphatic rings. The number of amides is 1. The minimum Gasteiger partial charge on any atom is -0.447 e. The van der Waals surface area contributed by atoms with Crippen molar-refractivity contribution in [3.05, 3.63) is 53.2 Å². The molecular weight excluding hydrogens is 314 g/mol. The normalized spacial score (nSPS) is 17.4. The van der Waals surface area contributed by atoms with Crippen molar-refractivity contribution in [3.8, 4) is 0 Å². The number of carbonyl (C=O) groups is 1. The lowest BCUT2D eigenvalue weighted by atomic mass is 10.1. The highest BCUT2D eigenvalue weighted by Gasteiger charge is 2.31. The number of nitrogens with zero attached hydrogens (tertiary/aromatic N) is 3. The van der Waals surface area contributed by atoms with Gasteiger partial charge in [-0.1, -0.05) is 24.3 Å². The summed E-state index contributed by atoms with van der Waals surface area (Å²) >= 11 is 0. The highest BCUT2D eigenvalue weighted by atomic mass is 16.3. The summed E-state index contributed by atoms with van der Waals surface area (Å²) in [4.78, 5) is 21.2. The lowest BCUT2D eigenvalue weighted by molar-refractivity contribution is 0.0787. The number of rotatable bonds is 6. The molecule has 1 aliphatic carbocycles. The van der Waals surface area contributed by atoms with E-state index in [1.165, 1.54) is 30.2 Å². The van der Waals surface area contributed by atoms with E-state index in [1.54, 1.807) is 0 Å². The van der Waals surface area contributed by atoms with Gasteiger partial charge < -0.3 is 9.32 Å². The molecule has 1 saturated heterocycles. The van der Waals surface area contributed by atoms with E-state index in [9.17, 15) is 4.79 Å². The standard InChI is InChI=1S/C20H25N3O2/c1-15-6-2-3-7-16(15)12-23(17-8-9-17)13-19-21-18(14-25-19)20(24)22-10-4-5-11-22/h2-3,6-7,14,17H,4-5,8-13H2,1H3. The number of oxazole rings is 1. The first-order chi connectivity index (χ1) is 12.2. The third-order valence-corrected chi connectivity index (χ3v) is 5.20. The van der Waals surface area contributed by atoms with E-state index in [-0.39, 0.29) is 5.91 Å². The molecule has 2 heterocycles. The Kier molecular flexibility index (Phi) is 4.57. The Labute approximate surface area is 148 Å². The Balaban J connectivity index is 1.44. The predicted molar refractivity (Wildman–Crippen MR) is 95.1 cm³/mol. The molecule has 0 spiro atoms. The highest BCUT2D eigenvalue weighted by molar-refractivity contribution is 5.92. The molecule has 0 bridgehead atoms. The van der Waals surface area contributed by atoms with Gasteiger partial charge in [-0.3, -0.25) is 9.69 Å². The topological polar surface area (TPSA) is 49.6 Å². The van der Waals surface area contributed by atoms with Crippen molar-refractivity contribution in [2.45, 2.75) is 51.7 Å². The Hall–Kier alpha value is -2.14. The SMILES string of the molecule is Cc1ccccc1CN(Cc1nc(C(=O)N2CCCC2)co1)C1CC1. The Morgan fingerprint density at radius 1 is 1.24 bits per heavy atom. The van der Waals surface area contributed by atoms with Gasteiger partial charge in [-0.2, -0.15) is 0 Å². The van der Waals surface area contributed by atoms with Gasteiger partial charge in [0.2, 0.25) is 5.89 Å². The smallest absolute Gasteiger partial charge is 0.275 e. The van der Waals surface area contributed by atoms with Crippen molar-refractivity contribution in [1.29, 1.82) is 0 Å². The second kappa shape index (κ2) is 7.00. The van der Waals surface area contributed by atoms with Gasteiger partial charge in [0.05, 0.1) is 6.54 Å². The maximum Gasteiger partial charge on any atom is 0.275 e. The third kappa shape index (κ3) is 3.76. The van der Waals surface area contributed by atoms with E-state index in [4.69, 9.17) is 4.42 Å². The zero-order valence-corrected chi connectivity index (χ0v) is 14.8. The summed E-state index contributed by atoms with van der Waals surface area (Å²) in [7, 11) is 0. The number of aryl methyl sites for hydroxylation is 1. The maximum absolute atomic E-state index is 12.4. The molecule has 1 amide bonds. The first-order valence-corrected chi connectivity index (χ1v) is 9.23. The lowest BCUT2D eigenvalue weighted by Crippen LogP contribution is -2.28. The first-order valence-electron chi connectivity index (χ1n) is 9.23. The summed E-state index contributed by atoms with van der Waals surface area (Å²) in [5.41, 5.74) is 3.10. The average molecular weight is 339 g/mol. The van der Waals surface area contributed by atoms with E-state index >= 15 is 0 Å². The van der Waals surface area contributed by atoms with Crippen LogP contribution in [0.15, 0.2) is 34.9 Å². The lowest BCUT2D eigenvalue weighted by Gasteiger charge is -2.21. The van der Waals surface area contributed by atoms with Gasteiger partial charge in [0.25, 0.3) is 5.91 Å². The Morgan fingerprint density at radius 2 is 2.00 bits per heavy atom. The summed E-state index contributed by atoms with van der Waals surface area (Å²) < 4.78 is 5.62. The Bertz CT molecular complexity index is 745. The molecular formula is C20H25N3O2. The van der Waals surface area contributed by atoms with Crippen LogP contribution in [0.2, 0.25) is 0 Å². The number of likely N-dealkylation sites (tertiary alicyclic amines) is 1. The molecule has 0 atom stereocenters. The summed E-state index contributed by atoms with van der Waals surface area (Å²) in [5, 5.41) is 0. The summed E-state index contributed by atoms with van der Waals surface area (Å²) in [6, 6.07) is 9.10. The molecule has 2 fully saturated rings. The average Bonchev–Trinajstić information content (AvgIpc) is 3.12. The third-order valence-electron chi connectivity index (χ3n) is 5.20.